The minimum atomic E-state index is -0.300. The number of nitrogens with one attached hydrogen (secondary N) is 2. The van der Waals surface area contributed by atoms with E-state index in [9.17, 15) is 4.39 Å². The van der Waals surface area contributed by atoms with Gasteiger partial charge in [0.2, 0.25) is 0 Å². The Hall–Kier alpha value is -4.59. The monoisotopic (exact) mass is 421 g/mol. The number of benzene rings is 1. The molecule has 8 heteroatoms. The van der Waals surface area contributed by atoms with Crippen molar-refractivity contribution in [3.63, 3.8) is 0 Å². The molecule has 0 unspecified atom stereocenters. The number of hydrogen-bond acceptors (Lipinski definition) is 5. The van der Waals surface area contributed by atoms with Gasteiger partial charge in [-0.05, 0) is 36.4 Å². The van der Waals surface area contributed by atoms with Gasteiger partial charge in [-0.3, -0.25) is 15.1 Å². The van der Waals surface area contributed by atoms with Crippen LogP contribution in [0.15, 0.2) is 73.3 Å². The van der Waals surface area contributed by atoms with Gasteiger partial charge in [0.15, 0.2) is 5.65 Å². The van der Waals surface area contributed by atoms with Crippen molar-refractivity contribution in [1.82, 2.24) is 30.1 Å². The largest absolute Gasteiger partial charge is 0.397 e. The van der Waals surface area contributed by atoms with Crippen LogP contribution in [0.2, 0.25) is 0 Å². The molecule has 0 saturated heterocycles. The van der Waals surface area contributed by atoms with Crippen molar-refractivity contribution in [1.29, 1.82) is 0 Å². The Labute approximate surface area is 181 Å². The molecule has 7 nitrogen and oxygen atoms in total. The normalized spacial score (nSPS) is 11.4. The van der Waals surface area contributed by atoms with Gasteiger partial charge in [0, 0.05) is 57.8 Å². The zero-order valence-corrected chi connectivity index (χ0v) is 16.7. The van der Waals surface area contributed by atoms with Crippen LogP contribution in [0.25, 0.3) is 55.7 Å². The number of aromatic amines is 2. The van der Waals surface area contributed by atoms with Crippen LogP contribution >= 0.6 is 0 Å². The van der Waals surface area contributed by atoms with Gasteiger partial charge < -0.3 is 10.7 Å². The first kappa shape index (κ1) is 18.2. The molecule has 6 rings (SSSR count). The first-order valence-corrected chi connectivity index (χ1v) is 9.95. The molecule has 4 N–H and O–H groups in total. The highest BCUT2D eigenvalue weighted by Gasteiger charge is 2.15. The standard InChI is InChI=1S/C24H16FN7/c25-16-3-1-2-13(6-16)22-18-9-21(30-20(18)4-5-28-22)23-19-8-15(11-29-24(19)32-31-23)14-7-17(26)12-27-10-14/h1-12,30H,26H2,(H,29,31,32). The molecule has 0 aliphatic rings. The van der Waals surface area contributed by atoms with Crippen LogP contribution in [-0.2, 0) is 0 Å². The van der Waals surface area contributed by atoms with Crippen molar-refractivity contribution in [3.05, 3.63) is 79.1 Å². The van der Waals surface area contributed by atoms with Crippen molar-refractivity contribution < 1.29 is 4.39 Å². The second-order valence-corrected chi connectivity index (χ2v) is 7.51. The van der Waals surface area contributed by atoms with E-state index in [4.69, 9.17) is 5.73 Å². The van der Waals surface area contributed by atoms with Gasteiger partial charge in [0.25, 0.3) is 0 Å². The zero-order chi connectivity index (χ0) is 21.7. The summed E-state index contributed by atoms with van der Waals surface area (Å²) >= 11 is 0. The highest BCUT2D eigenvalue weighted by Crippen LogP contribution is 2.34. The number of aromatic nitrogens is 6. The Morgan fingerprint density at radius 1 is 0.844 bits per heavy atom. The number of halogens is 1. The lowest BCUT2D eigenvalue weighted by Gasteiger charge is -2.02. The van der Waals surface area contributed by atoms with Gasteiger partial charge in [-0.25, -0.2) is 9.37 Å². The molecule has 6 aromatic rings. The second kappa shape index (κ2) is 6.98. The molecule has 5 aromatic heterocycles. The summed E-state index contributed by atoms with van der Waals surface area (Å²) in [5.74, 6) is -0.300. The number of pyridine rings is 3. The van der Waals surface area contributed by atoms with Crippen molar-refractivity contribution in [2.45, 2.75) is 0 Å². The average Bonchev–Trinajstić information content (AvgIpc) is 3.42. The summed E-state index contributed by atoms with van der Waals surface area (Å²) in [7, 11) is 0. The van der Waals surface area contributed by atoms with E-state index in [1.807, 2.05) is 30.3 Å². The molecule has 154 valence electrons. The van der Waals surface area contributed by atoms with E-state index < -0.39 is 0 Å². The fourth-order valence-corrected chi connectivity index (χ4v) is 3.93. The summed E-state index contributed by atoms with van der Waals surface area (Å²) in [6, 6.07) is 14.2. The molecule has 32 heavy (non-hydrogen) atoms. The summed E-state index contributed by atoms with van der Waals surface area (Å²) in [4.78, 5) is 16.6. The molecular weight excluding hydrogens is 405 g/mol. The molecule has 0 spiro atoms. The molecular formula is C24H16FN7. The van der Waals surface area contributed by atoms with E-state index >= 15 is 0 Å². The number of anilines is 1. The maximum atomic E-state index is 13.8. The minimum absolute atomic E-state index is 0.300. The number of fused-ring (bicyclic) bond motifs is 2. The molecule has 0 radical (unpaired) electrons. The Morgan fingerprint density at radius 3 is 2.62 bits per heavy atom. The van der Waals surface area contributed by atoms with E-state index in [1.165, 1.54) is 12.1 Å². The van der Waals surface area contributed by atoms with Crippen molar-refractivity contribution >= 4 is 27.6 Å². The van der Waals surface area contributed by atoms with E-state index in [0.717, 1.165) is 38.8 Å². The Balaban J connectivity index is 1.51. The number of nitrogens with zero attached hydrogens (tertiary/aromatic N) is 4. The van der Waals surface area contributed by atoms with Crippen LogP contribution in [0.1, 0.15) is 0 Å². The molecule has 0 bridgehead atoms. The zero-order valence-electron chi connectivity index (χ0n) is 16.7. The third-order valence-corrected chi connectivity index (χ3v) is 5.42. The van der Waals surface area contributed by atoms with Crippen LogP contribution in [0, 0.1) is 5.82 Å². The molecule has 0 aliphatic carbocycles. The van der Waals surface area contributed by atoms with Gasteiger partial charge in [0.05, 0.1) is 22.8 Å². The van der Waals surface area contributed by atoms with Gasteiger partial charge >= 0.3 is 0 Å². The van der Waals surface area contributed by atoms with Gasteiger partial charge in [-0.1, -0.05) is 12.1 Å². The summed E-state index contributed by atoms with van der Waals surface area (Å²) in [5, 5.41) is 9.18. The van der Waals surface area contributed by atoms with Crippen molar-refractivity contribution in [2.75, 3.05) is 5.73 Å². The van der Waals surface area contributed by atoms with Gasteiger partial charge in [-0.15, -0.1) is 0 Å². The quantitative estimate of drug-likeness (QED) is 0.374. The Morgan fingerprint density at radius 2 is 1.75 bits per heavy atom. The number of nitrogen functional groups attached to an aromatic ring is 1. The molecule has 0 aliphatic heterocycles. The Kier molecular flexibility index (Phi) is 3.97. The molecule has 0 amide bonds. The lowest BCUT2D eigenvalue weighted by atomic mass is 10.1. The lowest BCUT2D eigenvalue weighted by molar-refractivity contribution is 0.628. The maximum Gasteiger partial charge on any atom is 0.181 e. The third kappa shape index (κ3) is 2.97. The first-order chi connectivity index (χ1) is 15.7. The molecule has 0 fully saturated rings. The minimum Gasteiger partial charge on any atom is -0.397 e. The Bertz CT molecular complexity index is 1620. The number of rotatable bonds is 3. The van der Waals surface area contributed by atoms with E-state index in [2.05, 4.69) is 30.1 Å². The summed E-state index contributed by atoms with van der Waals surface area (Å²) in [6.07, 6.45) is 6.81. The predicted molar refractivity (Wildman–Crippen MR) is 122 cm³/mol. The second-order valence-electron chi connectivity index (χ2n) is 7.51. The van der Waals surface area contributed by atoms with Gasteiger partial charge in [-0.2, -0.15) is 5.10 Å². The molecule has 0 atom stereocenters. The van der Waals surface area contributed by atoms with Crippen LogP contribution in [0.4, 0.5) is 10.1 Å². The molecule has 0 saturated carbocycles. The van der Waals surface area contributed by atoms with Gasteiger partial charge in [0.1, 0.15) is 5.82 Å². The number of nitrogens with two attached hydrogens (primary N) is 1. The summed E-state index contributed by atoms with van der Waals surface area (Å²) in [6.45, 7) is 0. The van der Waals surface area contributed by atoms with Crippen LogP contribution in [-0.4, -0.2) is 30.1 Å². The fraction of sp³-hybridized carbons (Fsp3) is 0. The van der Waals surface area contributed by atoms with Crippen LogP contribution < -0.4 is 5.73 Å². The number of H-pyrrole nitrogens is 2. The highest BCUT2D eigenvalue weighted by molar-refractivity contribution is 6.00. The topological polar surface area (TPSA) is 109 Å². The summed E-state index contributed by atoms with van der Waals surface area (Å²) < 4.78 is 13.8. The average molecular weight is 421 g/mol. The van der Waals surface area contributed by atoms with E-state index in [1.54, 1.807) is 30.9 Å². The van der Waals surface area contributed by atoms with E-state index in [0.29, 0.717) is 22.6 Å². The molecule has 5 heterocycles. The molecule has 1 aromatic carbocycles. The third-order valence-electron chi connectivity index (χ3n) is 5.42. The van der Waals surface area contributed by atoms with Crippen molar-refractivity contribution in [3.8, 4) is 33.8 Å². The highest BCUT2D eigenvalue weighted by atomic mass is 19.1. The lowest BCUT2D eigenvalue weighted by Crippen LogP contribution is -1.88. The maximum absolute atomic E-state index is 13.8. The fourth-order valence-electron chi connectivity index (χ4n) is 3.93. The predicted octanol–water partition coefficient (Wildman–Crippen LogP) is 4.95. The first-order valence-electron chi connectivity index (χ1n) is 9.95. The smallest absolute Gasteiger partial charge is 0.181 e. The van der Waals surface area contributed by atoms with Crippen LogP contribution in [0.3, 0.4) is 0 Å². The van der Waals surface area contributed by atoms with Crippen molar-refractivity contribution in [2.24, 2.45) is 0 Å². The number of hydrogen-bond donors (Lipinski definition) is 3. The van der Waals surface area contributed by atoms with Crippen LogP contribution in [0.5, 0.6) is 0 Å². The summed E-state index contributed by atoms with van der Waals surface area (Å²) in [5.41, 5.74) is 12.8. The SMILES string of the molecule is Nc1cncc(-c2cnc3n[nH]c(-c4cc5c(-c6cccc(F)c6)nccc5[nH]4)c3c2)c1. The van der Waals surface area contributed by atoms with E-state index in [-0.39, 0.29) is 5.82 Å².